The van der Waals surface area contributed by atoms with E-state index in [1.807, 2.05) is 0 Å². The molecule has 0 heterocycles. The molecule has 0 aliphatic heterocycles. The number of aliphatic hydroxyl groups is 1. The monoisotopic (exact) mass is 193 g/mol. The fraction of sp³-hybridized carbons (Fsp3) is 0.667. The Kier molecular flexibility index (Phi) is 5.41. The van der Waals surface area contributed by atoms with Crippen LogP contribution >= 0.6 is 7.80 Å². The molecule has 0 rings (SSSR count). The van der Waals surface area contributed by atoms with Crippen LogP contribution in [0.1, 0.15) is 12.8 Å². The molecule has 0 amide bonds. The maximum atomic E-state index is 10.7. The van der Waals surface area contributed by atoms with Crippen molar-refractivity contribution >= 4 is 19.3 Å². The third-order valence-electron chi connectivity index (χ3n) is 1.18. The summed E-state index contributed by atoms with van der Waals surface area (Å²) in [5.41, 5.74) is -0.599. The first-order chi connectivity index (χ1) is 5.61. The predicted octanol–water partition coefficient (Wildman–Crippen LogP) is 0.243. The summed E-state index contributed by atoms with van der Waals surface area (Å²) in [5, 5.41) is 8.31. The number of carbonyl (C=O) groups excluding carboxylic acids is 2. The second-order valence-corrected chi connectivity index (χ2v) is 3.53. The molecular formula is C6H10O5P+. The van der Waals surface area contributed by atoms with Crippen molar-refractivity contribution < 1.29 is 24.0 Å². The van der Waals surface area contributed by atoms with Crippen LogP contribution in [-0.4, -0.2) is 30.1 Å². The number of hydrogen-bond acceptors (Lipinski definition) is 5. The van der Waals surface area contributed by atoms with Crippen LogP contribution in [0.2, 0.25) is 0 Å². The molecule has 0 aromatic carbocycles. The fourth-order valence-electron chi connectivity index (χ4n) is 0.515. The van der Waals surface area contributed by atoms with E-state index < -0.39 is 25.6 Å². The Morgan fingerprint density at radius 2 is 2.00 bits per heavy atom. The van der Waals surface area contributed by atoms with Crippen molar-refractivity contribution in [3.8, 4) is 0 Å². The summed E-state index contributed by atoms with van der Waals surface area (Å²) in [7, 11) is -1.01. The van der Waals surface area contributed by atoms with Gasteiger partial charge in [-0.1, -0.05) is 4.57 Å². The zero-order chi connectivity index (χ0) is 9.56. The standard InChI is InChI=1S/C6H10O5P/c1-11-5(8)2-3-6(9)12(10)4-7/h7H,2-4H2,1H3/q+1. The molecule has 0 bridgehead atoms. The topological polar surface area (TPSA) is 80.7 Å². The van der Waals surface area contributed by atoms with E-state index in [1.54, 1.807) is 0 Å². The van der Waals surface area contributed by atoms with Gasteiger partial charge in [0.2, 0.25) is 0 Å². The Morgan fingerprint density at radius 1 is 1.42 bits per heavy atom. The molecule has 68 valence electrons. The minimum Gasteiger partial charge on any atom is -0.469 e. The number of hydrogen-bond donors (Lipinski definition) is 1. The lowest BCUT2D eigenvalue weighted by Gasteiger charge is -1.92. The zero-order valence-electron chi connectivity index (χ0n) is 6.65. The minimum atomic E-state index is -2.22. The van der Waals surface area contributed by atoms with Crippen molar-refractivity contribution in [2.24, 2.45) is 0 Å². The van der Waals surface area contributed by atoms with Crippen LogP contribution in [0.25, 0.3) is 0 Å². The summed E-state index contributed by atoms with van der Waals surface area (Å²) >= 11 is 0. The highest BCUT2D eigenvalue weighted by Crippen LogP contribution is 2.22. The van der Waals surface area contributed by atoms with E-state index in [2.05, 4.69) is 4.74 Å². The van der Waals surface area contributed by atoms with Gasteiger partial charge in [0.15, 0.2) is 0 Å². The second kappa shape index (κ2) is 5.80. The van der Waals surface area contributed by atoms with Crippen LogP contribution in [0.4, 0.5) is 0 Å². The van der Waals surface area contributed by atoms with Crippen molar-refractivity contribution in [2.75, 3.05) is 13.5 Å². The lowest BCUT2D eigenvalue weighted by atomic mass is 10.3. The van der Waals surface area contributed by atoms with Crippen molar-refractivity contribution in [3.63, 3.8) is 0 Å². The second-order valence-electron chi connectivity index (χ2n) is 1.99. The van der Waals surface area contributed by atoms with Gasteiger partial charge in [-0.25, -0.2) is 4.79 Å². The van der Waals surface area contributed by atoms with Gasteiger partial charge >= 0.3 is 19.3 Å². The van der Waals surface area contributed by atoms with Crippen LogP contribution in [-0.2, 0) is 18.9 Å². The Labute approximate surface area is 70.5 Å². The molecule has 0 saturated carbocycles. The summed E-state index contributed by atoms with van der Waals surface area (Å²) in [4.78, 5) is 21.2. The highest BCUT2D eigenvalue weighted by atomic mass is 31.1. The lowest BCUT2D eigenvalue weighted by molar-refractivity contribution is -0.141. The van der Waals surface area contributed by atoms with E-state index in [1.165, 1.54) is 7.11 Å². The Balaban J connectivity index is 3.72. The van der Waals surface area contributed by atoms with Crippen molar-refractivity contribution in [3.05, 3.63) is 0 Å². The Hall–Kier alpha value is -0.800. The van der Waals surface area contributed by atoms with Gasteiger partial charge in [-0.05, 0) is 0 Å². The maximum absolute atomic E-state index is 10.7. The number of aliphatic hydroxyl groups excluding tert-OH is 1. The molecule has 0 aliphatic rings. The van der Waals surface area contributed by atoms with Crippen LogP contribution in [0.5, 0.6) is 0 Å². The number of carbonyl (C=O) groups is 2. The quantitative estimate of drug-likeness (QED) is 0.499. The summed E-state index contributed by atoms with van der Waals surface area (Å²) in [6.45, 7) is 0. The molecule has 1 unspecified atom stereocenters. The molecule has 0 radical (unpaired) electrons. The van der Waals surface area contributed by atoms with E-state index >= 15 is 0 Å². The minimum absolute atomic E-state index is 0.0869. The molecule has 0 aromatic rings. The summed E-state index contributed by atoms with van der Waals surface area (Å²) in [5.74, 6) is -0.523. The summed E-state index contributed by atoms with van der Waals surface area (Å²) in [6.07, 6.45) is -0.881. The first-order valence-electron chi connectivity index (χ1n) is 3.27. The van der Waals surface area contributed by atoms with Gasteiger partial charge < -0.3 is 9.84 Å². The van der Waals surface area contributed by atoms with Gasteiger partial charge in [-0.15, -0.1) is 0 Å². The molecule has 6 heteroatoms. The summed E-state index contributed by atoms with van der Waals surface area (Å²) in [6, 6.07) is 0. The SMILES string of the molecule is COC(=O)CCC(=O)[P+](=O)CO. The van der Waals surface area contributed by atoms with E-state index in [4.69, 9.17) is 5.11 Å². The highest BCUT2D eigenvalue weighted by molar-refractivity contribution is 7.63. The fourth-order valence-corrected chi connectivity index (χ4v) is 1.03. The number of ether oxygens (including phenoxy) is 1. The third kappa shape index (κ3) is 4.16. The highest BCUT2D eigenvalue weighted by Gasteiger charge is 2.26. The van der Waals surface area contributed by atoms with Gasteiger partial charge in [0, 0.05) is 0 Å². The lowest BCUT2D eigenvalue weighted by Crippen LogP contribution is -2.03. The van der Waals surface area contributed by atoms with Gasteiger partial charge in [0.1, 0.15) is 0 Å². The molecule has 0 aromatic heterocycles. The predicted molar refractivity (Wildman–Crippen MR) is 40.9 cm³/mol. The molecule has 1 atom stereocenters. The van der Waals surface area contributed by atoms with E-state index in [0.717, 1.165) is 0 Å². The largest absolute Gasteiger partial charge is 0.469 e. The first kappa shape index (κ1) is 11.2. The van der Waals surface area contributed by atoms with Gasteiger partial charge in [0.25, 0.3) is 6.35 Å². The average Bonchev–Trinajstić information content (AvgIpc) is 2.11. The van der Waals surface area contributed by atoms with Crippen LogP contribution < -0.4 is 0 Å². The molecule has 0 spiro atoms. The molecule has 0 fully saturated rings. The number of esters is 1. The number of rotatable bonds is 5. The molecule has 0 aliphatic carbocycles. The number of methoxy groups -OCH3 is 1. The van der Waals surface area contributed by atoms with Gasteiger partial charge in [-0.3, -0.25) is 4.79 Å². The molecular weight excluding hydrogens is 183 g/mol. The smallest absolute Gasteiger partial charge is 0.442 e. The van der Waals surface area contributed by atoms with Crippen LogP contribution in [0.15, 0.2) is 0 Å². The molecule has 1 N–H and O–H groups in total. The Bertz CT molecular complexity index is 200. The van der Waals surface area contributed by atoms with Crippen LogP contribution in [0, 0.1) is 0 Å². The molecule has 5 nitrogen and oxygen atoms in total. The van der Waals surface area contributed by atoms with Crippen molar-refractivity contribution in [2.45, 2.75) is 12.8 Å². The van der Waals surface area contributed by atoms with Crippen LogP contribution in [0.3, 0.4) is 0 Å². The zero-order valence-corrected chi connectivity index (χ0v) is 7.54. The van der Waals surface area contributed by atoms with Gasteiger partial charge in [-0.2, -0.15) is 0 Å². The molecule has 0 saturated heterocycles. The molecule has 12 heavy (non-hydrogen) atoms. The Morgan fingerprint density at radius 3 is 2.42 bits per heavy atom. The maximum Gasteiger partial charge on any atom is 0.442 e. The van der Waals surface area contributed by atoms with Gasteiger partial charge in [0.05, 0.1) is 20.0 Å². The third-order valence-corrected chi connectivity index (χ3v) is 2.21. The average molecular weight is 193 g/mol. The first-order valence-corrected chi connectivity index (χ1v) is 4.71. The van der Waals surface area contributed by atoms with Crippen molar-refractivity contribution in [1.29, 1.82) is 0 Å². The normalized spacial score (nSPS) is 10.7. The van der Waals surface area contributed by atoms with Crippen molar-refractivity contribution in [1.82, 2.24) is 0 Å². The van der Waals surface area contributed by atoms with E-state index in [9.17, 15) is 14.2 Å². The summed E-state index contributed by atoms with van der Waals surface area (Å²) < 4.78 is 14.9. The van der Waals surface area contributed by atoms with E-state index in [-0.39, 0.29) is 12.8 Å². The van der Waals surface area contributed by atoms with E-state index in [0.29, 0.717) is 0 Å².